The smallest absolute Gasteiger partial charge is 0.0148 e. The van der Waals surface area contributed by atoms with E-state index in [0.717, 1.165) is 17.9 Å². The molecule has 0 amide bonds. The summed E-state index contributed by atoms with van der Waals surface area (Å²) in [5.74, 6) is 1.56. The Hall–Kier alpha value is -0.0800. The molecule has 1 aliphatic rings. The second-order valence-corrected chi connectivity index (χ2v) is 5.72. The fourth-order valence-corrected chi connectivity index (χ4v) is 2.64. The van der Waals surface area contributed by atoms with Gasteiger partial charge in [0.2, 0.25) is 0 Å². The Bertz CT molecular complexity index is 177. The van der Waals surface area contributed by atoms with Crippen LogP contribution in [0, 0.1) is 11.8 Å². The van der Waals surface area contributed by atoms with E-state index in [9.17, 15) is 0 Å². The van der Waals surface area contributed by atoms with E-state index < -0.39 is 0 Å². The lowest BCUT2D eigenvalue weighted by Crippen LogP contribution is -2.52. The fraction of sp³-hybridized carbons (Fsp3) is 1.00. The maximum absolute atomic E-state index is 3.48. The lowest BCUT2D eigenvalue weighted by atomic mass is 9.92. The standard InChI is InChI=1S/C13H28N2/c1-10(2)9-15(11(3)4)13-6-7-14-8-12(13)5/h10-14H,6-9H2,1-5H3. The zero-order valence-electron chi connectivity index (χ0n) is 11.1. The SMILES string of the molecule is CC(C)CN(C(C)C)C1CCNCC1C. The molecule has 1 N–H and O–H groups in total. The van der Waals surface area contributed by atoms with E-state index in [1.165, 1.54) is 26.1 Å². The van der Waals surface area contributed by atoms with Crippen LogP contribution in [0.3, 0.4) is 0 Å². The van der Waals surface area contributed by atoms with Gasteiger partial charge in [-0.15, -0.1) is 0 Å². The Balaban J connectivity index is 2.60. The molecule has 0 aromatic carbocycles. The molecule has 0 aliphatic carbocycles. The maximum Gasteiger partial charge on any atom is 0.0148 e. The maximum atomic E-state index is 3.48. The summed E-state index contributed by atoms with van der Waals surface area (Å²) < 4.78 is 0. The highest BCUT2D eigenvalue weighted by atomic mass is 15.2. The van der Waals surface area contributed by atoms with Crippen LogP contribution in [0.1, 0.15) is 41.0 Å². The highest BCUT2D eigenvalue weighted by Gasteiger charge is 2.28. The summed E-state index contributed by atoms with van der Waals surface area (Å²) in [4.78, 5) is 2.70. The zero-order chi connectivity index (χ0) is 11.4. The van der Waals surface area contributed by atoms with Crippen LogP contribution in [0.5, 0.6) is 0 Å². The van der Waals surface area contributed by atoms with Gasteiger partial charge in [-0.05, 0) is 45.2 Å². The van der Waals surface area contributed by atoms with Crippen molar-refractivity contribution in [1.29, 1.82) is 0 Å². The minimum atomic E-state index is 0.679. The van der Waals surface area contributed by atoms with Crippen LogP contribution < -0.4 is 5.32 Å². The van der Waals surface area contributed by atoms with Crippen molar-refractivity contribution in [2.45, 2.75) is 53.1 Å². The first-order valence-corrected chi connectivity index (χ1v) is 6.48. The van der Waals surface area contributed by atoms with Crippen LogP contribution in [0.4, 0.5) is 0 Å². The van der Waals surface area contributed by atoms with Gasteiger partial charge < -0.3 is 5.32 Å². The fourth-order valence-electron chi connectivity index (χ4n) is 2.64. The summed E-state index contributed by atoms with van der Waals surface area (Å²) >= 11 is 0. The van der Waals surface area contributed by atoms with E-state index in [2.05, 4.69) is 44.8 Å². The van der Waals surface area contributed by atoms with Crippen molar-refractivity contribution in [2.75, 3.05) is 19.6 Å². The summed E-state index contributed by atoms with van der Waals surface area (Å²) in [5, 5.41) is 3.48. The van der Waals surface area contributed by atoms with E-state index in [0.29, 0.717) is 6.04 Å². The van der Waals surface area contributed by atoms with E-state index >= 15 is 0 Å². The molecule has 1 aliphatic heterocycles. The van der Waals surface area contributed by atoms with Gasteiger partial charge in [0.1, 0.15) is 0 Å². The molecule has 1 fully saturated rings. The summed E-state index contributed by atoms with van der Waals surface area (Å²) in [6.45, 7) is 15.3. The molecular weight excluding hydrogens is 184 g/mol. The molecule has 2 unspecified atom stereocenters. The molecule has 1 rings (SSSR count). The molecule has 2 heteroatoms. The summed E-state index contributed by atoms with van der Waals surface area (Å²) in [5.41, 5.74) is 0. The van der Waals surface area contributed by atoms with Crippen LogP contribution in [0.25, 0.3) is 0 Å². The number of hydrogen-bond donors (Lipinski definition) is 1. The molecule has 15 heavy (non-hydrogen) atoms. The van der Waals surface area contributed by atoms with Crippen molar-refractivity contribution >= 4 is 0 Å². The van der Waals surface area contributed by atoms with Gasteiger partial charge >= 0.3 is 0 Å². The number of nitrogens with zero attached hydrogens (tertiary/aromatic N) is 1. The molecule has 90 valence electrons. The average Bonchev–Trinajstić information content (AvgIpc) is 2.15. The first-order chi connectivity index (χ1) is 7.02. The van der Waals surface area contributed by atoms with Crippen molar-refractivity contribution in [1.82, 2.24) is 10.2 Å². The molecular formula is C13H28N2. The topological polar surface area (TPSA) is 15.3 Å². The lowest BCUT2D eigenvalue weighted by Gasteiger charge is -2.42. The van der Waals surface area contributed by atoms with Crippen LogP contribution >= 0.6 is 0 Å². The van der Waals surface area contributed by atoms with Gasteiger partial charge in [0, 0.05) is 18.6 Å². The molecule has 0 spiro atoms. The first-order valence-electron chi connectivity index (χ1n) is 6.48. The van der Waals surface area contributed by atoms with Gasteiger partial charge in [-0.2, -0.15) is 0 Å². The van der Waals surface area contributed by atoms with Gasteiger partial charge in [0.15, 0.2) is 0 Å². The van der Waals surface area contributed by atoms with Crippen LogP contribution in [-0.2, 0) is 0 Å². The summed E-state index contributed by atoms with van der Waals surface area (Å²) in [6, 6.07) is 1.46. The predicted octanol–water partition coefficient (Wildman–Crippen LogP) is 2.35. The van der Waals surface area contributed by atoms with E-state index in [4.69, 9.17) is 0 Å². The summed E-state index contributed by atoms with van der Waals surface area (Å²) in [6.07, 6.45) is 1.31. The van der Waals surface area contributed by atoms with Crippen molar-refractivity contribution < 1.29 is 0 Å². The van der Waals surface area contributed by atoms with Crippen molar-refractivity contribution in [3.63, 3.8) is 0 Å². The Kier molecular flexibility index (Phi) is 5.07. The van der Waals surface area contributed by atoms with Gasteiger partial charge in [-0.1, -0.05) is 20.8 Å². The Morgan fingerprint density at radius 3 is 2.40 bits per heavy atom. The minimum Gasteiger partial charge on any atom is -0.316 e. The van der Waals surface area contributed by atoms with Crippen molar-refractivity contribution in [3.05, 3.63) is 0 Å². The minimum absolute atomic E-state index is 0.679. The molecule has 1 saturated heterocycles. The molecule has 1 heterocycles. The highest BCUT2D eigenvalue weighted by molar-refractivity contribution is 4.85. The quantitative estimate of drug-likeness (QED) is 0.769. The largest absolute Gasteiger partial charge is 0.316 e. The van der Waals surface area contributed by atoms with Crippen LogP contribution in [0.15, 0.2) is 0 Å². The third kappa shape index (κ3) is 3.76. The highest BCUT2D eigenvalue weighted by Crippen LogP contribution is 2.21. The van der Waals surface area contributed by atoms with Crippen LogP contribution in [-0.4, -0.2) is 36.6 Å². The Morgan fingerprint density at radius 2 is 1.93 bits per heavy atom. The van der Waals surface area contributed by atoms with Gasteiger partial charge in [-0.25, -0.2) is 0 Å². The molecule has 2 atom stereocenters. The monoisotopic (exact) mass is 212 g/mol. The summed E-state index contributed by atoms with van der Waals surface area (Å²) in [7, 11) is 0. The van der Waals surface area contributed by atoms with E-state index in [-0.39, 0.29) is 0 Å². The van der Waals surface area contributed by atoms with Crippen molar-refractivity contribution in [3.8, 4) is 0 Å². The molecule has 0 aromatic rings. The van der Waals surface area contributed by atoms with Gasteiger partial charge in [0.25, 0.3) is 0 Å². The second kappa shape index (κ2) is 5.86. The van der Waals surface area contributed by atoms with Gasteiger partial charge in [-0.3, -0.25) is 4.90 Å². The lowest BCUT2D eigenvalue weighted by molar-refractivity contribution is 0.0774. The number of piperidine rings is 1. The number of rotatable bonds is 4. The molecule has 2 nitrogen and oxygen atoms in total. The number of hydrogen-bond acceptors (Lipinski definition) is 2. The average molecular weight is 212 g/mol. The molecule has 0 radical (unpaired) electrons. The molecule has 0 bridgehead atoms. The first kappa shape index (κ1) is 13.0. The van der Waals surface area contributed by atoms with Crippen molar-refractivity contribution in [2.24, 2.45) is 11.8 Å². The zero-order valence-corrected chi connectivity index (χ0v) is 11.1. The Labute approximate surface area is 95.4 Å². The normalized spacial score (nSPS) is 28.0. The van der Waals surface area contributed by atoms with E-state index in [1.54, 1.807) is 0 Å². The predicted molar refractivity (Wildman–Crippen MR) is 67.1 cm³/mol. The van der Waals surface area contributed by atoms with E-state index in [1.807, 2.05) is 0 Å². The van der Waals surface area contributed by atoms with Crippen LogP contribution in [0.2, 0.25) is 0 Å². The molecule has 0 aromatic heterocycles. The Morgan fingerprint density at radius 1 is 1.27 bits per heavy atom. The number of nitrogens with one attached hydrogen (secondary N) is 1. The second-order valence-electron chi connectivity index (χ2n) is 5.72. The third-order valence-electron chi connectivity index (χ3n) is 3.41. The van der Waals surface area contributed by atoms with Gasteiger partial charge in [0.05, 0.1) is 0 Å². The molecule has 0 saturated carbocycles. The third-order valence-corrected chi connectivity index (χ3v) is 3.41.